The Kier molecular flexibility index (Phi) is 4.96. The van der Waals surface area contributed by atoms with Crippen LogP contribution in [0.15, 0.2) is 47.2 Å². The normalized spacial score (nSPS) is 21.1. The molecule has 0 bridgehead atoms. The minimum absolute atomic E-state index is 0.0115. The maximum absolute atomic E-state index is 13.2. The van der Waals surface area contributed by atoms with Crippen LogP contribution in [-0.4, -0.2) is 35.1 Å². The first-order chi connectivity index (χ1) is 12.6. The van der Waals surface area contributed by atoms with Gasteiger partial charge in [0.05, 0.1) is 17.2 Å². The van der Waals surface area contributed by atoms with E-state index in [1.165, 1.54) is 19.1 Å². The Morgan fingerprint density at radius 1 is 1.37 bits per heavy atom. The van der Waals surface area contributed by atoms with Gasteiger partial charge in [-0.05, 0) is 25.1 Å². The summed E-state index contributed by atoms with van der Waals surface area (Å²) in [7, 11) is 0. The van der Waals surface area contributed by atoms with Gasteiger partial charge >= 0.3 is 6.18 Å². The number of aliphatic imine (C=N–C) groups is 1. The minimum Gasteiger partial charge on any atom is -0.373 e. The van der Waals surface area contributed by atoms with Crippen molar-refractivity contribution in [3.63, 3.8) is 0 Å². The number of nitrogens with one attached hydrogen (secondary N) is 2. The van der Waals surface area contributed by atoms with Crippen LogP contribution in [0.4, 0.5) is 27.6 Å². The molecule has 2 atom stereocenters. The fourth-order valence-corrected chi connectivity index (χ4v) is 2.99. The van der Waals surface area contributed by atoms with E-state index in [-0.39, 0.29) is 29.5 Å². The van der Waals surface area contributed by atoms with Gasteiger partial charge < -0.3 is 10.4 Å². The number of alkyl halides is 5. The first kappa shape index (κ1) is 19.3. The van der Waals surface area contributed by atoms with Crippen molar-refractivity contribution in [2.24, 2.45) is 10.9 Å². The molecule has 2 aliphatic rings. The number of allylic oxidation sites excluding steroid dienone is 2. The molecular weight excluding hydrogens is 371 g/mol. The number of hydrogen-bond donors (Lipinski definition) is 3. The van der Waals surface area contributed by atoms with Gasteiger partial charge in [-0.15, -0.1) is 0 Å². The van der Waals surface area contributed by atoms with Crippen LogP contribution >= 0.6 is 0 Å². The predicted octanol–water partition coefficient (Wildman–Crippen LogP) is 3.26. The number of amidine groups is 1. The van der Waals surface area contributed by atoms with Gasteiger partial charge in [0, 0.05) is 12.2 Å². The van der Waals surface area contributed by atoms with Crippen LogP contribution in [0, 0.1) is 12.8 Å². The maximum atomic E-state index is 13.2. The summed E-state index contributed by atoms with van der Waals surface area (Å²) in [6.07, 6.45) is -7.81. The van der Waals surface area contributed by atoms with Gasteiger partial charge in [0.1, 0.15) is 17.8 Å². The summed E-state index contributed by atoms with van der Waals surface area (Å²) >= 11 is 0. The summed E-state index contributed by atoms with van der Waals surface area (Å²) < 4.78 is 66.1. The third-order valence-electron chi connectivity index (χ3n) is 4.25. The molecule has 1 fully saturated rings. The number of anilines is 1. The lowest BCUT2D eigenvalue weighted by molar-refractivity contribution is -0.137. The van der Waals surface area contributed by atoms with E-state index in [0.717, 1.165) is 17.2 Å². The van der Waals surface area contributed by atoms with E-state index in [0.29, 0.717) is 5.56 Å². The van der Waals surface area contributed by atoms with Gasteiger partial charge in [-0.3, -0.25) is 5.01 Å². The van der Waals surface area contributed by atoms with Crippen molar-refractivity contribution in [2.45, 2.75) is 25.8 Å². The first-order valence-corrected chi connectivity index (χ1v) is 8.01. The molecular formula is C17H17F5N4O. The van der Waals surface area contributed by atoms with E-state index in [4.69, 9.17) is 0 Å². The average molecular weight is 388 g/mol. The van der Waals surface area contributed by atoms with Gasteiger partial charge in [0.15, 0.2) is 0 Å². The van der Waals surface area contributed by atoms with Crippen LogP contribution < -0.4 is 10.7 Å². The summed E-state index contributed by atoms with van der Waals surface area (Å²) in [6, 6.07) is 3.65. The van der Waals surface area contributed by atoms with Crippen LogP contribution in [0.5, 0.6) is 0 Å². The van der Waals surface area contributed by atoms with Gasteiger partial charge in [-0.25, -0.2) is 19.2 Å². The Bertz CT molecular complexity index is 818. The second-order valence-electron chi connectivity index (χ2n) is 6.27. The molecule has 1 aromatic carbocycles. The number of benzene rings is 1. The van der Waals surface area contributed by atoms with E-state index < -0.39 is 30.3 Å². The second-order valence-corrected chi connectivity index (χ2v) is 6.27. The molecule has 2 unspecified atom stereocenters. The summed E-state index contributed by atoms with van der Waals surface area (Å²) in [4.78, 5) is 4.06. The Balaban J connectivity index is 1.85. The molecule has 1 saturated heterocycles. The molecule has 146 valence electrons. The quantitative estimate of drug-likeness (QED) is 0.548. The third kappa shape index (κ3) is 3.81. The van der Waals surface area contributed by atoms with E-state index >= 15 is 0 Å². The average Bonchev–Trinajstić information content (AvgIpc) is 2.98. The zero-order valence-electron chi connectivity index (χ0n) is 14.2. The van der Waals surface area contributed by atoms with Crippen molar-refractivity contribution in [3.8, 4) is 0 Å². The fraction of sp³-hybridized carbons (Fsp3) is 0.353. The highest BCUT2D eigenvalue weighted by molar-refractivity contribution is 5.90. The first-order valence-electron chi connectivity index (χ1n) is 8.01. The SMILES string of the molecule is C=C1C=C(C(F)F)N2NCC(C(O)Nc3ccc(C)cc3C(F)(F)F)C2=N1. The van der Waals surface area contributed by atoms with E-state index in [1.807, 2.05) is 0 Å². The molecule has 27 heavy (non-hydrogen) atoms. The van der Waals surface area contributed by atoms with Crippen LogP contribution in [0.1, 0.15) is 11.1 Å². The van der Waals surface area contributed by atoms with Crippen LogP contribution in [0.2, 0.25) is 0 Å². The molecule has 0 aliphatic carbocycles. The summed E-state index contributed by atoms with van der Waals surface area (Å²) in [5.41, 5.74) is 1.54. The molecule has 0 aromatic heterocycles. The van der Waals surface area contributed by atoms with E-state index in [2.05, 4.69) is 22.3 Å². The van der Waals surface area contributed by atoms with Gasteiger partial charge in [0.2, 0.25) is 0 Å². The molecule has 10 heteroatoms. The van der Waals surface area contributed by atoms with Crippen molar-refractivity contribution >= 4 is 11.5 Å². The number of hydrazine groups is 1. The van der Waals surface area contributed by atoms with Crippen LogP contribution in [0.3, 0.4) is 0 Å². The summed E-state index contributed by atoms with van der Waals surface area (Å²) in [5.74, 6) is -0.787. The molecule has 2 heterocycles. The van der Waals surface area contributed by atoms with Crippen molar-refractivity contribution in [1.82, 2.24) is 10.4 Å². The molecule has 2 aliphatic heterocycles. The topological polar surface area (TPSA) is 59.9 Å². The Morgan fingerprint density at radius 3 is 2.70 bits per heavy atom. The minimum atomic E-state index is -4.61. The molecule has 3 N–H and O–H groups in total. The van der Waals surface area contributed by atoms with Gasteiger partial charge in [0.25, 0.3) is 6.43 Å². The molecule has 0 saturated carbocycles. The van der Waals surface area contributed by atoms with Crippen molar-refractivity contribution < 1.29 is 27.1 Å². The Morgan fingerprint density at radius 2 is 2.07 bits per heavy atom. The zero-order valence-corrected chi connectivity index (χ0v) is 14.2. The lowest BCUT2D eigenvalue weighted by Crippen LogP contribution is -2.41. The smallest absolute Gasteiger partial charge is 0.373 e. The van der Waals surface area contributed by atoms with E-state index in [1.54, 1.807) is 0 Å². The molecule has 5 nitrogen and oxygen atoms in total. The lowest BCUT2D eigenvalue weighted by atomic mass is 10.0. The predicted molar refractivity (Wildman–Crippen MR) is 89.8 cm³/mol. The van der Waals surface area contributed by atoms with Crippen molar-refractivity contribution in [1.29, 1.82) is 0 Å². The molecule has 1 aromatic rings. The monoisotopic (exact) mass is 388 g/mol. The van der Waals surface area contributed by atoms with E-state index in [9.17, 15) is 27.1 Å². The number of aryl methyl sites for hydroxylation is 1. The fourth-order valence-electron chi connectivity index (χ4n) is 2.99. The van der Waals surface area contributed by atoms with Gasteiger partial charge in [-0.2, -0.15) is 13.2 Å². The molecule has 3 rings (SSSR count). The summed E-state index contributed by atoms with van der Waals surface area (Å²) in [5, 5.41) is 13.9. The van der Waals surface area contributed by atoms with Crippen molar-refractivity contribution in [3.05, 3.63) is 53.4 Å². The number of aliphatic hydroxyl groups excluding tert-OH is 1. The highest BCUT2D eigenvalue weighted by Gasteiger charge is 2.41. The summed E-state index contributed by atoms with van der Waals surface area (Å²) in [6.45, 7) is 5.07. The largest absolute Gasteiger partial charge is 0.418 e. The van der Waals surface area contributed by atoms with Crippen LogP contribution in [0.25, 0.3) is 0 Å². The third-order valence-corrected chi connectivity index (χ3v) is 4.25. The van der Waals surface area contributed by atoms with Gasteiger partial charge in [-0.1, -0.05) is 18.2 Å². The number of fused-ring (bicyclic) bond motifs is 1. The number of aliphatic hydroxyl groups is 1. The lowest BCUT2D eigenvalue weighted by Gasteiger charge is -2.28. The standard InChI is InChI=1S/C17H17F5N4O/c1-8-3-4-12(11(5-8)17(20,21)22)25-16(27)10-7-23-26-13(14(18)19)6-9(2)24-15(10)26/h3-6,10,14,16,23,25,27H,2,7H2,1H3. The maximum Gasteiger partial charge on any atom is 0.418 e. The highest BCUT2D eigenvalue weighted by Crippen LogP contribution is 2.36. The zero-order chi connectivity index (χ0) is 19.9. The van der Waals surface area contributed by atoms with Crippen molar-refractivity contribution in [2.75, 3.05) is 11.9 Å². The Hall–Kier alpha value is -2.46. The number of rotatable bonds is 4. The molecule has 0 spiro atoms. The molecule has 0 radical (unpaired) electrons. The number of halogens is 5. The number of hydrogen-bond acceptors (Lipinski definition) is 5. The second kappa shape index (κ2) is 6.93. The number of nitrogens with zero attached hydrogens (tertiary/aromatic N) is 2. The Labute approximate surface area is 151 Å². The molecule has 0 amide bonds. The van der Waals surface area contributed by atoms with Crippen LogP contribution in [-0.2, 0) is 6.18 Å². The highest BCUT2D eigenvalue weighted by atomic mass is 19.4.